The fourth-order valence-corrected chi connectivity index (χ4v) is 2.17. The Morgan fingerprint density at radius 3 is 2.48 bits per heavy atom. The molecule has 2 rings (SSSR count). The molecule has 0 radical (unpaired) electrons. The molecule has 2 aromatic rings. The van der Waals surface area contributed by atoms with E-state index in [1.807, 2.05) is 24.5 Å². The molecular formula is C12H11BrF3N5. The number of alkyl halides is 3. The van der Waals surface area contributed by atoms with E-state index in [2.05, 4.69) is 31.2 Å². The summed E-state index contributed by atoms with van der Waals surface area (Å²) in [5.41, 5.74) is 2.52. The van der Waals surface area contributed by atoms with Gasteiger partial charge in [0.2, 0.25) is 5.95 Å². The Morgan fingerprint density at radius 2 is 1.90 bits per heavy atom. The zero-order chi connectivity index (χ0) is 15.6. The lowest BCUT2D eigenvalue weighted by atomic mass is 10.2. The van der Waals surface area contributed by atoms with Crippen molar-refractivity contribution in [3.63, 3.8) is 0 Å². The highest BCUT2D eigenvalue weighted by Gasteiger charge is 2.33. The molecule has 0 aliphatic carbocycles. The first-order chi connectivity index (χ1) is 9.79. The number of hydrazine groups is 1. The van der Waals surface area contributed by atoms with E-state index in [9.17, 15) is 13.2 Å². The van der Waals surface area contributed by atoms with Gasteiger partial charge < -0.3 is 5.32 Å². The van der Waals surface area contributed by atoms with Crippen molar-refractivity contribution < 1.29 is 13.2 Å². The van der Waals surface area contributed by atoms with Crippen LogP contribution in [0, 0.1) is 6.92 Å². The smallest absolute Gasteiger partial charge is 0.339 e. The number of hydrogen-bond donors (Lipinski definition) is 3. The lowest BCUT2D eigenvalue weighted by molar-refractivity contribution is -0.141. The van der Waals surface area contributed by atoms with Gasteiger partial charge in [0, 0.05) is 10.5 Å². The Kier molecular flexibility index (Phi) is 4.33. The van der Waals surface area contributed by atoms with Crippen LogP contribution in [0.2, 0.25) is 0 Å². The minimum absolute atomic E-state index is 0.0187. The summed E-state index contributed by atoms with van der Waals surface area (Å²) >= 11 is 3.33. The first-order valence-corrected chi connectivity index (χ1v) is 6.55. The molecule has 0 bridgehead atoms. The lowest BCUT2D eigenvalue weighted by Gasteiger charge is -2.12. The molecule has 0 aliphatic heterocycles. The van der Waals surface area contributed by atoms with E-state index in [1.54, 1.807) is 6.07 Å². The van der Waals surface area contributed by atoms with Crippen molar-refractivity contribution in [2.24, 2.45) is 5.84 Å². The van der Waals surface area contributed by atoms with Crippen LogP contribution in [0.3, 0.4) is 0 Å². The predicted molar refractivity (Wildman–Crippen MR) is 77.0 cm³/mol. The van der Waals surface area contributed by atoms with Crippen molar-refractivity contribution in [2.45, 2.75) is 13.1 Å². The number of nitrogens with zero attached hydrogens (tertiary/aromatic N) is 2. The molecule has 0 saturated carbocycles. The van der Waals surface area contributed by atoms with Gasteiger partial charge in [0.05, 0.1) is 5.69 Å². The third kappa shape index (κ3) is 3.82. The van der Waals surface area contributed by atoms with Gasteiger partial charge in [0.25, 0.3) is 0 Å². The molecule has 0 fully saturated rings. The minimum atomic E-state index is -4.59. The quantitative estimate of drug-likeness (QED) is 0.575. The summed E-state index contributed by atoms with van der Waals surface area (Å²) in [6, 6.07) is 6.19. The van der Waals surface area contributed by atoms with Crippen molar-refractivity contribution in [3.05, 3.63) is 40.0 Å². The van der Waals surface area contributed by atoms with E-state index in [-0.39, 0.29) is 11.8 Å². The molecule has 21 heavy (non-hydrogen) atoms. The number of aryl methyl sites for hydroxylation is 1. The minimum Gasteiger partial charge on any atom is -0.339 e. The molecule has 5 nitrogen and oxygen atoms in total. The number of nitrogens with one attached hydrogen (secondary N) is 2. The van der Waals surface area contributed by atoms with Crippen LogP contribution in [0.5, 0.6) is 0 Å². The fraction of sp³-hybridized carbons (Fsp3) is 0.167. The van der Waals surface area contributed by atoms with Crippen molar-refractivity contribution in [1.82, 2.24) is 9.97 Å². The van der Waals surface area contributed by atoms with Crippen LogP contribution in [0.15, 0.2) is 28.7 Å². The van der Waals surface area contributed by atoms with E-state index < -0.39 is 11.9 Å². The number of rotatable bonds is 3. The summed E-state index contributed by atoms with van der Waals surface area (Å²) in [5.74, 6) is 4.75. The maximum Gasteiger partial charge on any atom is 0.433 e. The average molecular weight is 362 g/mol. The van der Waals surface area contributed by atoms with Gasteiger partial charge in [-0.1, -0.05) is 6.07 Å². The van der Waals surface area contributed by atoms with Crippen LogP contribution in [0.4, 0.5) is 30.6 Å². The molecule has 0 spiro atoms. The summed E-state index contributed by atoms with van der Waals surface area (Å²) in [6.07, 6.45) is -4.59. The Labute approximate surface area is 126 Å². The molecule has 112 valence electrons. The normalized spacial score (nSPS) is 11.3. The number of hydrogen-bond acceptors (Lipinski definition) is 5. The van der Waals surface area contributed by atoms with Crippen molar-refractivity contribution in [1.29, 1.82) is 0 Å². The molecule has 0 atom stereocenters. The van der Waals surface area contributed by atoms with Crippen LogP contribution in [-0.2, 0) is 6.18 Å². The standard InChI is InChI=1S/C12H11BrF3N5/c1-6-2-3-8(7(13)4-6)18-10-5-9(12(14,15)16)19-11(20-10)21-17/h2-5H,17H2,1H3,(H2,18,19,20,21). The van der Waals surface area contributed by atoms with Crippen molar-refractivity contribution in [3.8, 4) is 0 Å². The second-order valence-corrected chi connectivity index (χ2v) is 5.07. The highest BCUT2D eigenvalue weighted by molar-refractivity contribution is 9.10. The summed E-state index contributed by atoms with van der Waals surface area (Å²) in [7, 11) is 0. The number of benzene rings is 1. The van der Waals surface area contributed by atoms with Gasteiger partial charge in [0.15, 0.2) is 5.69 Å². The molecule has 1 heterocycles. The van der Waals surface area contributed by atoms with E-state index in [0.29, 0.717) is 10.2 Å². The van der Waals surface area contributed by atoms with Crippen LogP contribution in [-0.4, -0.2) is 9.97 Å². The Balaban J connectivity index is 2.39. The van der Waals surface area contributed by atoms with E-state index in [1.165, 1.54) is 0 Å². The largest absolute Gasteiger partial charge is 0.433 e. The molecule has 0 unspecified atom stereocenters. The summed E-state index contributed by atoms with van der Waals surface area (Å²) in [6.45, 7) is 1.90. The second-order valence-electron chi connectivity index (χ2n) is 4.21. The predicted octanol–water partition coefficient (Wildman–Crippen LogP) is 3.60. The number of nitrogen functional groups attached to an aromatic ring is 1. The third-order valence-electron chi connectivity index (χ3n) is 2.53. The molecule has 0 amide bonds. The van der Waals surface area contributed by atoms with Crippen LogP contribution >= 0.6 is 15.9 Å². The maximum atomic E-state index is 12.8. The zero-order valence-electron chi connectivity index (χ0n) is 10.8. The fourth-order valence-electron chi connectivity index (χ4n) is 1.58. The van der Waals surface area contributed by atoms with E-state index in [0.717, 1.165) is 11.6 Å². The molecule has 1 aromatic carbocycles. The Morgan fingerprint density at radius 1 is 1.19 bits per heavy atom. The van der Waals surface area contributed by atoms with Crippen LogP contribution in [0.1, 0.15) is 11.3 Å². The van der Waals surface area contributed by atoms with Gasteiger partial charge >= 0.3 is 6.18 Å². The second kappa shape index (κ2) is 5.86. The van der Waals surface area contributed by atoms with Crippen LogP contribution < -0.4 is 16.6 Å². The monoisotopic (exact) mass is 361 g/mol. The van der Waals surface area contributed by atoms with E-state index in [4.69, 9.17) is 5.84 Å². The maximum absolute atomic E-state index is 12.8. The number of nitrogens with two attached hydrogens (primary N) is 1. The molecule has 0 saturated heterocycles. The SMILES string of the molecule is Cc1ccc(Nc2cc(C(F)(F)F)nc(NN)n2)c(Br)c1. The van der Waals surface area contributed by atoms with Gasteiger partial charge in [-0.25, -0.2) is 10.8 Å². The van der Waals surface area contributed by atoms with E-state index >= 15 is 0 Å². The molecule has 4 N–H and O–H groups in total. The summed E-state index contributed by atoms with van der Waals surface area (Å²) < 4.78 is 39.0. The first-order valence-electron chi connectivity index (χ1n) is 5.75. The molecule has 1 aromatic heterocycles. The average Bonchev–Trinajstić information content (AvgIpc) is 2.40. The summed E-state index contributed by atoms with van der Waals surface area (Å²) in [4.78, 5) is 7.12. The topological polar surface area (TPSA) is 75.9 Å². The van der Waals surface area contributed by atoms with Gasteiger partial charge in [0.1, 0.15) is 5.82 Å². The third-order valence-corrected chi connectivity index (χ3v) is 3.19. The van der Waals surface area contributed by atoms with Crippen LogP contribution in [0.25, 0.3) is 0 Å². The Hall–Kier alpha value is -1.87. The highest BCUT2D eigenvalue weighted by Crippen LogP contribution is 2.31. The van der Waals surface area contributed by atoms with Crippen molar-refractivity contribution in [2.75, 3.05) is 10.7 Å². The van der Waals surface area contributed by atoms with Crippen molar-refractivity contribution >= 4 is 33.4 Å². The number of anilines is 3. The first kappa shape index (κ1) is 15.5. The lowest BCUT2D eigenvalue weighted by Crippen LogP contribution is -2.16. The zero-order valence-corrected chi connectivity index (χ0v) is 12.4. The molecule has 0 aliphatic rings. The van der Waals surface area contributed by atoms with Gasteiger partial charge in [-0.3, -0.25) is 5.43 Å². The van der Waals surface area contributed by atoms with Gasteiger partial charge in [-0.05, 0) is 40.5 Å². The number of aromatic nitrogens is 2. The summed E-state index contributed by atoms with van der Waals surface area (Å²) in [5, 5.41) is 2.79. The number of halogens is 4. The highest BCUT2D eigenvalue weighted by atomic mass is 79.9. The molecule has 9 heteroatoms. The molecular weight excluding hydrogens is 351 g/mol. The van der Waals surface area contributed by atoms with Gasteiger partial charge in [-0.15, -0.1) is 0 Å². The Bertz CT molecular complexity index is 660. The van der Waals surface area contributed by atoms with Gasteiger partial charge in [-0.2, -0.15) is 18.2 Å².